The van der Waals surface area contributed by atoms with Crippen LogP contribution < -0.4 is 10.1 Å². The Morgan fingerprint density at radius 3 is 2.80 bits per heavy atom. The first-order chi connectivity index (χ1) is 16.8. The van der Waals surface area contributed by atoms with Gasteiger partial charge in [-0.1, -0.05) is 13.0 Å². The predicted octanol–water partition coefficient (Wildman–Crippen LogP) is 5.70. The van der Waals surface area contributed by atoms with E-state index in [1.54, 1.807) is 30.5 Å². The van der Waals surface area contributed by atoms with Gasteiger partial charge >= 0.3 is 12.2 Å². The molecule has 0 aliphatic carbocycles. The van der Waals surface area contributed by atoms with Crippen LogP contribution in [-0.4, -0.2) is 38.6 Å². The molecule has 1 amide bonds. The predicted molar refractivity (Wildman–Crippen MR) is 125 cm³/mol. The van der Waals surface area contributed by atoms with Crippen LogP contribution in [0.15, 0.2) is 61.1 Å². The summed E-state index contributed by atoms with van der Waals surface area (Å²) in [6, 6.07) is 10.9. The fourth-order valence-corrected chi connectivity index (χ4v) is 4.16. The van der Waals surface area contributed by atoms with Crippen LogP contribution in [0.4, 0.5) is 23.7 Å². The summed E-state index contributed by atoms with van der Waals surface area (Å²) in [5.41, 5.74) is 1.77. The number of nitrogens with zero attached hydrogens (tertiary/aromatic N) is 4. The van der Waals surface area contributed by atoms with Gasteiger partial charge in [-0.05, 0) is 49.0 Å². The number of likely N-dealkylation sites (N-methyl/N-ethyl adjacent to an activating group) is 1. The SMILES string of the molecule is CCN1CCc2ncnc(Oc3ccc4c(ccn4C(=O)Nc4cccc(C(F)(F)F)c4)c3)c2C1. The number of carbonyl (C=O) groups is 1. The van der Waals surface area contributed by atoms with Crippen molar-refractivity contribution in [3.8, 4) is 11.6 Å². The van der Waals surface area contributed by atoms with Gasteiger partial charge in [0, 0.05) is 36.8 Å². The van der Waals surface area contributed by atoms with Crippen molar-refractivity contribution in [1.82, 2.24) is 19.4 Å². The third kappa shape index (κ3) is 4.69. The Morgan fingerprint density at radius 2 is 2.00 bits per heavy atom. The van der Waals surface area contributed by atoms with Gasteiger partial charge in [0.2, 0.25) is 5.88 Å². The number of carbonyl (C=O) groups excluding carboxylic acids is 1. The Hall–Kier alpha value is -3.92. The summed E-state index contributed by atoms with van der Waals surface area (Å²) in [6.07, 6.45) is -0.591. The second kappa shape index (κ2) is 9.03. The van der Waals surface area contributed by atoms with Crippen LogP contribution in [0, 0.1) is 0 Å². The summed E-state index contributed by atoms with van der Waals surface area (Å²) in [5, 5.41) is 3.25. The normalized spacial score (nSPS) is 14.1. The first kappa shape index (κ1) is 22.9. The number of benzene rings is 2. The third-order valence-electron chi connectivity index (χ3n) is 6.03. The molecule has 35 heavy (non-hydrogen) atoms. The molecule has 1 aliphatic heterocycles. The lowest BCUT2D eigenvalue weighted by atomic mass is 10.1. The average Bonchev–Trinajstić information content (AvgIpc) is 3.27. The van der Waals surface area contributed by atoms with Crippen LogP contribution in [0.25, 0.3) is 10.9 Å². The van der Waals surface area contributed by atoms with E-state index in [0.29, 0.717) is 17.1 Å². The summed E-state index contributed by atoms with van der Waals surface area (Å²) < 4.78 is 46.3. The van der Waals surface area contributed by atoms with Crippen LogP contribution in [0.2, 0.25) is 0 Å². The minimum Gasteiger partial charge on any atom is -0.439 e. The number of fused-ring (bicyclic) bond motifs is 2. The van der Waals surface area contributed by atoms with Crippen molar-refractivity contribution in [3.05, 3.63) is 77.9 Å². The van der Waals surface area contributed by atoms with Crippen LogP contribution in [-0.2, 0) is 19.1 Å². The standard InChI is InChI=1S/C25H22F3N5O2/c1-2-32-10-9-21-20(14-32)23(30-15-29-21)35-19-6-7-22-16(12-19)8-11-33(22)24(34)31-18-5-3-4-17(13-18)25(26,27)28/h3-8,11-13,15H,2,9-10,14H2,1H3,(H,31,34). The summed E-state index contributed by atoms with van der Waals surface area (Å²) >= 11 is 0. The molecule has 0 radical (unpaired) electrons. The van der Waals surface area contributed by atoms with Crippen molar-refractivity contribution < 1.29 is 22.7 Å². The molecule has 0 saturated heterocycles. The molecule has 0 spiro atoms. The van der Waals surface area contributed by atoms with Gasteiger partial charge in [0.05, 0.1) is 22.3 Å². The lowest BCUT2D eigenvalue weighted by molar-refractivity contribution is -0.137. The first-order valence-electron chi connectivity index (χ1n) is 11.1. The van der Waals surface area contributed by atoms with Crippen molar-refractivity contribution >= 4 is 22.6 Å². The molecular weight excluding hydrogens is 459 g/mol. The highest BCUT2D eigenvalue weighted by Gasteiger charge is 2.30. The van der Waals surface area contributed by atoms with E-state index in [2.05, 4.69) is 27.1 Å². The first-order valence-corrected chi connectivity index (χ1v) is 11.1. The number of anilines is 1. The molecular formula is C25H22F3N5O2. The molecule has 7 nitrogen and oxygen atoms in total. The molecule has 5 rings (SSSR count). The lowest BCUT2D eigenvalue weighted by Gasteiger charge is -2.27. The van der Waals surface area contributed by atoms with Gasteiger partial charge in [0.1, 0.15) is 12.1 Å². The highest BCUT2D eigenvalue weighted by molar-refractivity contribution is 5.98. The van der Waals surface area contributed by atoms with Gasteiger partial charge in [-0.2, -0.15) is 13.2 Å². The molecule has 180 valence electrons. The van der Waals surface area contributed by atoms with E-state index in [4.69, 9.17) is 4.74 Å². The average molecular weight is 481 g/mol. The zero-order chi connectivity index (χ0) is 24.6. The maximum atomic E-state index is 13.0. The van der Waals surface area contributed by atoms with Crippen LogP contribution in [0.5, 0.6) is 11.6 Å². The number of hydrogen-bond donors (Lipinski definition) is 1. The molecule has 0 saturated carbocycles. The molecule has 2 aromatic carbocycles. The van der Waals surface area contributed by atoms with Gasteiger partial charge in [-0.15, -0.1) is 0 Å². The number of aromatic nitrogens is 3. The van der Waals surface area contributed by atoms with Crippen LogP contribution >= 0.6 is 0 Å². The Morgan fingerprint density at radius 1 is 1.14 bits per heavy atom. The Balaban J connectivity index is 1.36. The molecule has 0 fully saturated rings. The molecule has 0 atom stereocenters. The fraction of sp³-hybridized carbons (Fsp3) is 0.240. The zero-order valence-electron chi connectivity index (χ0n) is 18.8. The van der Waals surface area contributed by atoms with E-state index < -0.39 is 17.8 Å². The maximum Gasteiger partial charge on any atom is 0.416 e. The monoisotopic (exact) mass is 481 g/mol. The van der Waals surface area contributed by atoms with Crippen molar-refractivity contribution in [1.29, 1.82) is 0 Å². The van der Waals surface area contributed by atoms with Gasteiger partial charge in [0.25, 0.3) is 0 Å². The smallest absolute Gasteiger partial charge is 0.416 e. The van der Waals surface area contributed by atoms with E-state index in [-0.39, 0.29) is 5.69 Å². The van der Waals surface area contributed by atoms with Crippen molar-refractivity contribution in [2.75, 3.05) is 18.4 Å². The minimum atomic E-state index is -4.49. The van der Waals surface area contributed by atoms with E-state index in [9.17, 15) is 18.0 Å². The molecule has 1 aliphatic rings. The topological polar surface area (TPSA) is 72.3 Å². The fourth-order valence-electron chi connectivity index (χ4n) is 4.16. The number of rotatable bonds is 4. The van der Waals surface area contributed by atoms with Gasteiger partial charge in [0.15, 0.2) is 0 Å². The molecule has 0 unspecified atom stereocenters. The van der Waals surface area contributed by atoms with Crippen LogP contribution in [0.1, 0.15) is 23.7 Å². The third-order valence-corrected chi connectivity index (χ3v) is 6.03. The van der Waals surface area contributed by atoms with Gasteiger partial charge in [-0.3, -0.25) is 9.47 Å². The molecule has 4 aromatic rings. The highest BCUT2D eigenvalue weighted by atomic mass is 19.4. The zero-order valence-corrected chi connectivity index (χ0v) is 18.8. The van der Waals surface area contributed by atoms with Gasteiger partial charge in [-0.25, -0.2) is 14.8 Å². The number of amides is 1. The van der Waals surface area contributed by atoms with E-state index in [1.165, 1.54) is 23.0 Å². The number of halogens is 3. The molecule has 2 aromatic heterocycles. The number of ether oxygens (including phenoxy) is 1. The Bertz CT molecular complexity index is 1400. The van der Waals surface area contributed by atoms with Crippen molar-refractivity contribution in [2.45, 2.75) is 26.1 Å². The highest BCUT2D eigenvalue weighted by Crippen LogP contribution is 2.32. The Kier molecular flexibility index (Phi) is 5.89. The second-order valence-corrected chi connectivity index (χ2v) is 8.24. The van der Waals surface area contributed by atoms with E-state index in [0.717, 1.165) is 54.8 Å². The van der Waals surface area contributed by atoms with E-state index >= 15 is 0 Å². The molecule has 0 bridgehead atoms. The summed E-state index contributed by atoms with van der Waals surface area (Å²) in [5.74, 6) is 1.07. The number of hydrogen-bond acceptors (Lipinski definition) is 5. The molecule has 3 heterocycles. The summed E-state index contributed by atoms with van der Waals surface area (Å²) in [6.45, 7) is 4.70. The second-order valence-electron chi connectivity index (χ2n) is 8.24. The van der Waals surface area contributed by atoms with Crippen molar-refractivity contribution in [2.24, 2.45) is 0 Å². The molecule has 10 heteroatoms. The van der Waals surface area contributed by atoms with E-state index in [1.807, 2.05) is 0 Å². The van der Waals surface area contributed by atoms with Crippen LogP contribution in [0.3, 0.4) is 0 Å². The minimum absolute atomic E-state index is 0.0567. The van der Waals surface area contributed by atoms with Gasteiger partial charge < -0.3 is 10.1 Å². The quantitative estimate of drug-likeness (QED) is 0.405. The summed E-state index contributed by atoms with van der Waals surface area (Å²) in [7, 11) is 0. The lowest BCUT2D eigenvalue weighted by Crippen LogP contribution is -2.31. The largest absolute Gasteiger partial charge is 0.439 e. The Labute approximate surface area is 199 Å². The number of alkyl halides is 3. The molecule has 1 N–H and O–H groups in total. The summed E-state index contributed by atoms with van der Waals surface area (Å²) in [4.78, 5) is 23.8. The number of nitrogens with one attached hydrogen (secondary N) is 1. The van der Waals surface area contributed by atoms with Crippen molar-refractivity contribution in [3.63, 3.8) is 0 Å². The maximum absolute atomic E-state index is 13.0.